The van der Waals surface area contributed by atoms with Crippen LogP contribution in [0.25, 0.3) is 10.9 Å². The summed E-state index contributed by atoms with van der Waals surface area (Å²) in [7, 11) is 4.51. The molecular weight excluding hydrogens is 384 g/mol. The van der Waals surface area contributed by atoms with E-state index in [1.807, 2.05) is 12.1 Å². The number of aromatic nitrogens is 1. The Labute approximate surface area is 174 Å². The van der Waals surface area contributed by atoms with Crippen molar-refractivity contribution in [2.75, 3.05) is 26.6 Å². The number of rotatable bonds is 5. The van der Waals surface area contributed by atoms with Gasteiger partial charge in [-0.05, 0) is 55.5 Å². The second-order valence-corrected chi connectivity index (χ2v) is 7.25. The summed E-state index contributed by atoms with van der Waals surface area (Å²) in [6.07, 6.45) is 3.86. The van der Waals surface area contributed by atoms with Crippen molar-refractivity contribution in [3.05, 3.63) is 57.4 Å². The van der Waals surface area contributed by atoms with Crippen LogP contribution in [0.3, 0.4) is 0 Å². The van der Waals surface area contributed by atoms with E-state index in [4.69, 9.17) is 14.2 Å². The van der Waals surface area contributed by atoms with Gasteiger partial charge in [0, 0.05) is 22.2 Å². The lowest BCUT2D eigenvalue weighted by atomic mass is 9.90. The summed E-state index contributed by atoms with van der Waals surface area (Å²) in [4.78, 5) is 28.3. The van der Waals surface area contributed by atoms with Crippen LogP contribution < -0.4 is 25.1 Å². The number of nitrogens with one attached hydrogen (secondary N) is 2. The van der Waals surface area contributed by atoms with E-state index in [2.05, 4.69) is 10.3 Å². The smallest absolute Gasteiger partial charge is 0.255 e. The molecule has 1 aliphatic rings. The zero-order valence-corrected chi connectivity index (χ0v) is 17.3. The van der Waals surface area contributed by atoms with E-state index < -0.39 is 0 Å². The average Bonchev–Trinajstić information content (AvgIpc) is 2.78. The lowest BCUT2D eigenvalue weighted by Gasteiger charge is -2.17. The van der Waals surface area contributed by atoms with Crippen molar-refractivity contribution in [1.82, 2.24) is 4.98 Å². The monoisotopic (exact) mass is 408 g/mol. The first-order valence-corrected chi connectivity index (χ1v) is 9.85. The van der Waals surface area contributed by atoms with E-state index in [1.54, 1.807) is 18.2 Å². The topological polar surface area (TPSA) is 89.7 Å². The molecule has 0 radical (unpaired) electrons. The third-order valence-electron chi connectivity index (χ3n) is 5.52. The molecule has 3 aromatic rings. The first kappa shape index (κ1) is 19.8. The molecule has 0 aliphatic heterocycles. The molecule has 156 valence electrons. The van der Waals surface area contributed by atoms with Crippen molar-refractivity contribution in [2.45, 2.75) is 25.7 Å². The number of benzene rings is 2. The van der Waals surface area contributed by atoms with E-state index >= 15 is 0 Å². The molecule has 2 aromatic carbocycles. The van der Waals surface area contributed by atoms with Gasteiger partial charge in [-0.25, -0.2) is 0 Å². The fourth-order valence-electron chi connectivity index (χ4n) is 4.05. The molecule has 0 spiro atoms. The summed E-state index contributed by atoms with van der Waals surface area (Å²) in [5.74, 6) is 0.895. The van der Waals surface area contributed by atoms with Crippen LogP contribution in [0.4, 0.5) is 5.69 Å². The second kappa shape index (κ2) is 8.10. The Bertz CT molecular complexity index is 1160. The first-order valence-electron chi connectivity index (χ1n) is 9.85. The number of pyridine rings is 1. The number of fused-ring (bicyclic) bond motifs is 3. The highest BCUT2D eigenvalue weighted by Crippen LogP contribution is 2.38. The summed E-state index contributed by atoms with van der Waals surface area (Å²) in [6.45, 7) is 0. The number of amides is 1. The molecule has 0 bridgehead atoms. The molecule has 0 atom stereocenters. The molecule has 0 unspecified atom stereocenters. The molecule has 7 heteroatoms. The summed E-state index contributed by atoms with van der Waals surface area (Å²) >= 11 is 0. The number of aromatic amines is 1. The molecule has 1 aliphatic carbocycles. The average molecular weight is 408 g/mol. The summed E-state index contributed by atoms with van der Waals surface area (Å²) in [5.41, 5.74) is 3.66. The number of hydrogen-bond donors (Lipinski definition) is 2. The largest absolute Gasteiger partial charge is 0.493 e. The number of H-pyrrole nitrogens is 1. The SMILES string of the molecule is COc1cc(C(=O)Nc2ccc3c4c(c(=O)[nH]c3c2)CCCC4)cc(OC)c1OC. The Morgan fingerprint density at radius 2 is 1.60 bits per heavy atom. The van der Waals surface area contributed by atoms with E-state index in [0.29, 0.717) is 28.5 Å². The molecule has 4 rings (SSSR count). The standard InChI is InChI=1S/C23H24N2O5/c1-28-19-10-13(11-20(29-2)21(19)30-3)22(26)24-14-8-9-16-15-6-4-5-7-17(15)23(27)25-18(16)12-14/h8-12H,4-7H2,1-3H3,(H,24,26)(H,25,27). The minimum atomic E-state index is -0.325. The van der Waals surface area contributed by atoms with Crippen LogP contribution in [0.15, 0.2) is 35.1 Å². The van der Waals surface area contributed by atoms with Gasteiger partial charge < -0.3 is 24.5 Å². The Morgan fingerprint density at radius 1 is 0.933 bits per heavy atom. The molecule has 1 heterocycles. The molecule has 0 saturated heterocycles. The highest BCUT2D eigenvalue weighted by molar-refractivity contribution is 6.06. The molecule has 0 saturated carbocycles. The van der Waals surface area contributed by atoms with Gasteiger partial charge in [0.25, 0.3) is 11.5 Å². The van der Waals surface area contributed by atoms with Crippen LogP contribution in [0.1, 0.15) is 34.3 Å². The summed E-state index contributed by atoms with van der Waals surface area (Å²) in [6, 6.07) is 8.79. The Morgan fingerprint density at radius 3 is 2.23 bits per heavy atom. The van der Waals surface area contributed by atoms with Gasteiger partial charge in [0.2, 0.25) is 5.75 Å². The van der Waals surface area contributed by atoms with Gasteiger partial charge in [0.15, 0.2) is 11.5 Å². The molecule has 0 fully saturated rings. The summed E-state index contributed by atoms with van der Waals surface area (Å²) < 4.78 is 15.9. The molecule has 2 N–H and O–H groups in total. The molecule has 30 heavy (non-hydrogen) atoms. The van der Waals surface area contributed by atoms with Gasteiger partial charge in [-0.1, -0.05) is 6.07 Å². The quantitative estimate of drug-likeness (QED) is 0.672. The van der Waals surface area contributed by atoms with Crippen molar-refractivity contribution in [2.24, 2.45) is 0 Å². The van der Waals surface area contributed by atoms with Gasteiger partial charge in [0.05, 0.1) is 26.8 Å². The van der Waals surface area contributed by atoms with Crippen LogP contribution in [-0.4, -0.2) is 32.2 Å². The Hall–Kier alpha value is -3.48. The first-order chi connectivity index (χ1) is 14.5. The maximum absolute atomic E-state index is 12.9. The van der Waals surface area contributed by atoms with Crippen LogP contribution >= 0.6 is 0 Å². The number of carbonyl (C=O) groups is 1. The van der Waals surface area contributed by atoms with E-state index in [0.717, 1.165) is 47.7 Å². The number of aryl methyl sites for hydroxylation is 1. The maximum Gasteiger partial charge on any atom is 0.255 e. The predicted octanol–water partition coefficient (Wildman–Crippen LogP) is 3.69. The predicted molar refractivity (Wildman–Crippen MR) is 115 cm³/mol. The van der Waals surface area contributed by atoms with Crippen molar-refractivity contribution >= 4 is 22.5 Å². The number of methoxy groups -OCH3 is 3. The summed E-state index contributed by atoms with van der Waals surface area (Å²) in [5, 5.41) is 3.91. The minimum absolute atomic E-state index is 0.0368. The normalized spacial score (nSPS) is 12.9. The van der Waals surface area contributed by atoms with Crippen LogP contribution in [0.2, 0.25) is 0 Å². The van der Waals surface area contributed by atoms with Crippen LogP contribution in [0.5, 0.6) is 17.2 Å². The minimum Gasteiger partial charge on any atom is -0.493 e. The van der Waals surface area contributed by atoms with Gasteiger partial charge in [-0.3, -0.25) is 9.59 Å². The van der Waals surface area contributed by atoms with Crippen molar-refractivity contribution < 1.29 is 19.0 Å². The lowest BCUT2D eigenvalue weighted by molar-refractivity contribution is 0.102. The fourth-order valence-corrected chi connectivity index (χ4v) is 4.05. The van der Waals surface area contributed by atoms with Crippen molar-refractivity contribution in [3.8, 4) is 17.2 Å². The van der Waals surface area contributed by atoms with Gasteiger partial charge >= 0.3 is 0 Å². The Balaban J connectivity index is 1.67. The van der Waals surface area contributed by atoms with Crippen molar-refractivity contribution in [3.63, 3.8) is 0 Å². The van der Waals surface area contributed by atoms with Gasteiger partial charge in [-0.15, -0.1) is 0 Å². The number of hydrogen-bond acceptors (Lipinski definition) is 5. The number of carbonyl (C=O) groups excluding carboxylic acids is 1. The third-order valence-corrected chi connectivity index (χ3v) is 5.52. The highest BCUT2D eigenvalue weighted by atomic mass is 16.5. The number of anilines is 1. The fraction of sp³-hybridized carbons (Fsp3) is 0.304. The van der Waals surface area contributed by atoms with E-state index in [-0.39, 0.29) is 11.5 Å². The van der Waals surface area contributed by atoms with Gasteiger partial charge in [-0.2, -0.15) is 0 Å². The zero-order chi connectivity index (χ0) is 21.3. The lowest BCUT2D eigenvalue weighted by Crippen LogP contribution is -2.19. The Kier molecular flexibility index (Phi) is 5.35. The zero-order valence-electron chi connectivity index (χ0n) is 17.3. The van der Waals surface area contributed by atoms with Gasteiger partial charge in [0.1, 0.15) is 0 Å². The number of ether oxygens (including phenoxy) is 3. The van der Waals surface area contributed by atoms with Crippen molar-refractivity contribution in [1.29, 1.82) is 0 Å². The van der Waals surface area contributed by atoms with Crippen LogP contribution in [0, 0.1) is 0 Å². The molecular formula is C23H24N2O5. The highest BCUT2D eigenvalue weighted by Gasteiger charge is 2.19. The molecule has 1 amide bonds. The van der Waals surface area contributed by atoms with Crippen LogP contribution in [-0.2, 0) is 12.8 Å². The molecule has 1 aromatic heterocycles. The van der Waals surface area contributed by atoms with E-state index in [9.17, 15) is 9.59 Å². The third kappa shape index (κ3) is 3.47. The second-order valence-electron chi connectivity index (χ2n) is 7.25. The maximum atomic E-state index is 12.9. The molecule has 7 nitrogen and oxygen atoms in total. The van der Waals surface area contributed by atoms with E-state index in [1.165, 1.54) is 21.3 Å².